The van der Waals surface area contributed by atoms with E-state index >= 15 is 0 Å². The van der Waals surface area contributed by atoms with Crippen molar-refractivity contribution >= 4 is 11.1 Å². The summed E-state index contributed by atoms with van der Waals surface area (Å²) in [5.41, 5.74) is 4.65. The predicted octanol–water partition coefficient (Wildman–Crippen LogP) is 2.97. The fourth-order valence-corrected chi connectivity index (χ4v) is 1.61. The van der Waals surface area contributed by atoms with Crippen molar-refractivity contribution in [2.45, 2.75) is 32.2 Å². The first-order valence-corrected chi connectivity index (χ1v) is 5.26. The van der Waals surface area contributed by atoms with Crippen molar-refractivity contribution in [2.75, 3.05) is 0 Å². The number of rotatable bonds is 2. The molecule has 0 aliphatic carbocycles. The molecular formula is C12H14F2N2O. The molecule has 17 heavy (non-hydrogen) atoms. The summed E-state index contributed by atoms with van der Waals surface area (Å²) >= 11 is 0. The van der Waals surface area contributed by atoms with E-state index in [1.807, 2.05) is 0 Å². The summed E-state index contributed by atoms with van der Waals surface area (Å²) in [5, 5.41) is 0. The third-order valence-electron chi connectivity index (χ3n) is 2.67. The van der Waals surface area contributed by atoms with Crippen molar-refractivity contribution in [1.82, 2.24) is 4.98 Å². The van der Waals surface area contributed by atoms with Crippen LogP contribution in [-0.2, 0) is 5.92 Å². The van der Waals surface area contributed by atoms with E-state index in [-0.39, 0.29) is 5.56 Å². The summed E-state index contributed by atoms with van der Waals surface area (Å²) in [7, 11) is 0. The SMILES string of the molecule is Cc1nc2cc(C(F)(F)C(C)(C)N)ccc2o1. The van der Waals surface area contributed by atoms with Gasteiger partial charge in [-0.2, -0.15) is 8.78 Å². The normalized spacial score (nSPS) is 13.3. The van der Waals surface area contributed by atoms with Crippen LogP contribution in [-0.4, -0.2) is 10.5 Å². The van der Waals surface area contributed by atoms with Gasteiger partial charge in [0.2, 0.25) is 0 Å². The lowest BCUT2D eigenvalue weighted by Crippen LogP contribution is -2.48. The number of benzene rings is 1. The number of nitrogens with two attached hydrogens (primary N) is 1. The van der Waals surface area contributed by atoms with Crippen molar-refractivity contribution in [3.8, 4) is 0 Å². The second-order valence-electron chi connectivity index (χ2n) is 4.71. The summed E-state index contributed by atoms with van der Waals surface area (Å²) < 4.78 is 33.3. The van der Waals surface area contributed by atoms with Gasteiger partial charge in [-0.25, -0.2) is 4.98 Å². The van der Waals surface area contributed by atoms with Gasteiger partial charge in [0.25, 0.3) is 5.92 Å². The number of hydrogen-bond donors (Lipinski definition) is 1. The molecule has 92 valence electrons. The van der Waals surface area contributed by atoms with Crippen LogP contribution in [0.2, 0.25) is 0 Å². The third kappa shape index (κ3) is 1.91. The summed E-state index contributed by atoms with van der Waals surface area (Å²) in [5.74, 6) is -2.67. The average Bonchev–Trinajstić information content (AvgIpc) is 2.54. The van der Waals surface area contributed by atoms with Gasteiger partial charge >= 0.3 is 0 Å². The van der Waals surface area contributed by atoms with E-state index in [0.717, 1.165) is 0 Å². The molecule has 0 unspecified atom stereocenters. The molecule has 0 atom stereocenters. The molecule has 0 radical (unpaired) electrons. The van der Waals surface area contributed by atoms with Crippen LogP contribution in [0.4, 0.5) is 8.78 Å². The number of oxazole rings is 1. The molecular weight excluding hydrogens is 226 g/mol. The number of halogens is 2. The van der Waals surface area contributed by atoms with Crippen LogP contribution in [0.1, 0.15) is 25.3 Å². The van der Waals surface area contributed by atoms with Gasteiger partial charge in [0.1, 0.15) is 5.52 Å². The van der Waals surface area contributed by atoms with Crippen molar-refractivity contribution < 1.29 is 13.2 Å². The van der Waals surface area contributed by atoms with Crippen molar-refractivity contribution in [3.05, 3.63) is 29.7 Å². The predicted molar refractivity (Wildman–Crippen MR) is 60.9 cm³/mol. The van der Waals surface area contributed by atoms with Gasteiger partial charge in [-0.15, -0.1) is 0 Å². The average molecular weight is 240 g/mol. The molecule has 0 saturated carbocycles. The Hall–Kier alpha value is -1.49. The van der Waals surface area contributed by atoms with Crippen LogP contribution < -0.4 is 5.73 Å². The number of hydrogen-bond acceptors (Lipinski definition) is 3. The van der Waals surface area contributed by atoms with Gasteiger partial charge in [-0.05, 0) is 32.0 Å². The highest BCUT2D eigenvalue weighted by Gasteiger charge is 2.45. The maximum absolute atomic E-state index is 14.0. The molecule has 0 aliphatic heterocycles. The summed E-state index contributed by atoms with van der Waals surface area (Å²) in [6, 6.07) is 4.13. The van der Waals surface area contributed by atoms with Gasteiger partial charge in [0, 0.05) is 12.5 Å². The molecule has 0 spiro atoms. The minimum absolute atomic E-state index is 0.147. The van der Waals surface area contributed by atoms with Crippen molar-refractivity contribution in [1.29, 1.82) is 0 Å². The van der Waals surface area contributed by atoms with Crippen LogP contribution >= 0.6 is 0 Å². The van der Waals surface area contributed by atoms with Crippen LogP contribution in [0.5, 0.6) is 0 Å². The van der Waals surface area contributed by atoms with Gasteiger partial charge in [0.15, 0.2) is 11.5 Å². The molecule has 2 N–H and O–H groups in total. The topological polar surface area (TPSA) is 52.0 Å². The third-order valence-corrected chi connectivity index (χ3v) is 2.67. The molecule has 2 rings (SSSR count). The number of fused-ring (bicyclic) bond motifs is 1. The number of nitrogens with zero attached hydrogens (tertiary/aromatic N) is 1. The highest BCUT2D eigenvalue weighted by molar-refractivity contribution is 5.73. The Morgan fingerprint density at radius 1 is 1.29 bits per heavy atom. The first-order chi connectivity index (χ1) is 7.72. The number of alkyl halides is 2. The molecule has 5 heteroatoms. The minimum Gasteiger partial charge on any atom is -0.441 e. The summed E-state index contributed by atoms with van der Waals surface area (Å²) in [6.45, 7) is 4.27. The lowest BCUT2D eigenvalue weighted by Gasteiger charge is -2.30. The van der Waals surface area contributed by atoms with Crippen LogP contribution in [0, 0.1) is 6.92 Å². The molecule has 0 fully saturated rings. The van der Waals surface area contributed by atoms with E-state index in [9.17, 15) is 8.78 Å². The fraction of sp³-hybridized carbons (Fsp3) is 0.417. The van der Waals surface area contributed by atoms with E-state index in [2.05, 4.69) is 4.98 Å². The number of aromatic nitrogens is 1. The highest BCUT2D eigenvalue weighted by Crippen LogP contribution is 2.38. The maximum atomic E-state index is 14.0. The minimum atomic E-state index is -3.12. The summed E-state index contributed by atoms with van der Waals surface area (Å²) in [6.07, 6.45) is 0. The zero-order valence-corrected chi connectivity index (χ0v) is 9.92. The molecule has 0 bridgehead atoms. The van der Waals surface area contributed by atoms with Crippen LogP contribution in [0.3, 0.4) is 0 Å². The van der Waals surface area contributed by atoms with Gasteiger partial charge in [-0.3, -0.25) is 0 Å². The molecule has 0 amide bonds. The largest absolute Gasteiger partial charge is 0.441 e. The Labute approximate surface area is 97.6 Å². The standard InChI is InChI=1S/C12H14F2N2O/c1-7-16-9-6-8(4-5-10(9)17-7)12(13,14)11(2,3)15/h4-6H,15H2,1-3H3. The summed E-state index contributed by atoms with van der Waals surface area (Å²) in [4.78, 5) is 4.03. The van der Waals surface area contributed by atoms with E-state index < -0.39 is 11.5 Å². The molecule has 3 nitrogen and oxygen atoms in total. The quantitative estimate of drug-likeness (QED) is 0.878. The first-order valence-electron chi connectivity index (χ1n) is 5.26. The van der Waals surface area contributed by atoms with Crippen LogP contribution in [0.25, 0.3) is 11.1 Å². The fourth-order valence-electron chi connectivity index (χ4n) is 1.61. The lowest BCUT2D eigenvalue weighted by molar-refractivity contribution is -0.0671. The molecule has 1 heterocycles. The van der Waals surface area contributed by atoms with Crippen molar-refractivity contribution in [2.24, 2.45) is 5.73 Å². The molecule has 0 aliphatic rings. The number of aryl methyl sites for hydroxylation is 1. The first kappa shape index (κ1) is 12.0. The van der Waals surface area contributed by atoms with Crippen molar-refractivity contribution in [3.63, 3.8) is 0 Å². The van der Waals surface area contributed by atoms with Gasteiger partial charge < -0.3 is 10.2 Å². The maximum Gasteiger partial charge on any atom is 0.290 e. The zero-order chi connectivity index (χ0) is 12.8. The van der Waals surface area contributed by atoms with E-state index in [1.54, 1.807) is 6.92 Å². The second kappa shape index (κ2) is 3.50. The highest BCUT2D eigenvalue weighted by atomic mass is 19.3. The van der Waals surface area contributed by atoms with Gasteiger partial charge in [-0.1, -0.05) is 0 Å². The molecule has 1 aromatic heterocycles. The Morgan fingerprint density at radius 2 is 1.94 bits per heavy atom. The Balaban J connectivity index is 2.56. The molecule has 0 saturated heterocycles. The van der Waals surface area contributed by atoms with E-state index in [1.165, 1.54) is 32.0 Å². The van der Waals surface area contributed by atoms with Gasteiger partial charge in [0.05, 0.1) is 5.54 Å². The molecule has 2 aromatic rings. The van der Waals surface area contributed by atoms with E-state index in [0.29, 0.717) is 17.0 Å². The van der Waals surface area contributed by atoms with E-state index in [4.69, 9.17) is 10.2 Å². The monoisotopic (exact) mass is 240 g/mol. The Bertz CT molecular complexity index is 555. The second-order valence-corrected chi connectivity index (χ2v) is 4.71. The zero-order valence-electron chi connectivity index (χ0n) is 9.92. The Kier molecular flexibility index (Phi) is 2.47. The Morgan fingerprint density at radius 3 is 2.53 bits per heavy atom. The smallest absolute Gasteiger partial charge is 0.290 e. The lowest BCUT2D eigenvalue weighted by atomic mass is 9.91. The molecule has 1 aromatic carbocycles. The van der Waals surface area contributed by atoms with Crippen LogP contribution in [0.15, 0.2) is 22.6 Å².